The van der Waals surface area contributed by atoms with Crippen LogP contribution in [0.4, 0.5) is 14.1 Å². The predicted octanol–water partition coefficient (Wildman–Crippen LogP) is 3.92. The van der Waals surface area contributed by atoms with Gasteiger partial charge in [-0.2, -0.15) is 0 Å². The van der Waals surface area contributed by atoms with E-state index in [-0.39, 0.29) is 19.1 Å². The number of hydrogen-bond donors (Lipinski definition) is 0. The van der Waals surface area contributed by atoms with Crippen LogP contribution in [0.2, 0.25) is 15.1 Å². The van der Waals surface area contributed by atoms with E-state index in [1.54, 1.807) is 0 Å². The lowest BCUT2D eigenvalue weighted by Gasteiger charge is -1.98. The summed E-state index contributed by atoms with van der Waals surface area (Å²) in [5.74, 6) is 0. The summed E-state index contributed by atoms with van der Waals surface area (Å²) in [5.41, 5.74) is 0.421. The van der Waals surface area contributed by atoms with E-state index in [2.05, 4.69) is 0 Å². The molecule has 0 saturated carbocycles. The van der Waals surface area contributed by atoms with E-state index >= 15 is 0 Å². The molecule has 0 aliphatic heterocycles. The molecule has 0 aliphatic carbocycles. The Morgan fingerprint density at radius 2 is 1.29 bits per heavy atom. The first kappa shape index (κ1) is 19.2. The van der Waals surface area contributed by atoms with Crippen molar-refractivity contribution in [2.45, 2.75) is 0 Å². The molecule has 1 aromatic rings. The van der Waals surface area contributed by atoms with Gasteiger partial charge in [0.1, 0.15) is 6.29 Å². The van der Waals surface area contributed by atoms with Crippen molar-refractivity contribution in [1.82, 2.24) is 0 Å². The zero-order valence-corrected chi connectivity index (χ0v) is 8.77. The lowest BCUT2D eigenvalue weighted by molar-refractivity contribution is 0.112. The summed E-state index contributed by atoms with van der Waals surface area (Å²) in [4.78, 5) is 10.3. The maximum absolute atomic E-state index is 10.3. The summed E-state index contributed by atoms with van der Waals surface area (Å²) in [7, 11) is 0. The Bertz CT molecular complexity index is 283. The molecule has 0 atom stereocenters. The molecule has 14 heavy (non-hydrogen) atoms. The van der Waals surface area contributed by atoms with Crippen LogP contribution < -0.4 is 0 Å². The lowest BCUT2D eigenvalue weighted by atomic mass is 10.2. The topological polar surface area (TPSA) is 17.1 Å². The highest BCUT2D eigenvalue weighted by Crippen LogP contribution is 2.30. The van der Waals surface area contributed by atoms with Gasteiger partial charge in [-0.1, -0.05) is 34.8 Å². The fourth-order valence-electron chi connectivity index (χ4n) is 0.643. The average molecular weight is 269 g/mol. The second-order valence-corrected chi connectivity index (χ2v) is 3.11. The summed E-state index contributed by atoms with van der Waals surface area (Å²) >= 11 is 16.9. The van der Waals surface area contributed by atoms with Gasteiger partial charge < -0.3 is 0 Å². The van der Waals surface area contributed by atoms with Crippen molar-refractivity contribution in [3.05, 3.63) is 32.8 Å². The molecule has 0 spiro atoms. The first-order valence-corrected chi connectivity index (χ1v) is 3.88. The Labute approximate surface area is 93.1 Å². The predicted molar refractivity (Wildman–Crippen MR) is 54.4 cm³/mol. The number of hydrogen-bond acceptors (Lipinski definition) is 1. The minimum Gasteiger partial charge on any atom is -0.298 e. The van der Waals surface area contributed by atoms with Crippen LogP contribution >= 0.6 is 34.8 Å². The van der Waals surface area contributed by atoms with Crippen molar-refractivity contribution in [1.29, 1.82) is 0 Å². The van der Waals surface area contributed by atoms with Crippen molar-refractivity contribution in [3.63, 3.8) is 0 Å². The molecule has 0 fully saturated rings. The molecule has 1 rings (SSSR count). The second-order valence-electron chi connectivity index (χ2n) is 1.92. The molecule has 0 amide bonds. The second kappa shape index (κ2) is 7.91. The smallest absolute Gasteiger partial charge is 0.150 e. The van der Waals surface area contributed by atoms with Gasteiger partial charge in [0.25, 0.3) is 0 Å². The molecule has 0 radical (unpaired) electrons. The maximum Gasteiger partial charge on any atom is 0.150 e. The van der Waals surface area contributed by atoms with Gasteiger partial charge in [0.2, 0.25) is 0 Å². The van der Waals surface area contributed by atoms with E-state index in [4.69, 9.17) is 34.8 Å². The van der Waals surface area contributed by atoms with Crippen molar-refractivity contribution in [2.24, 2.45) is 0 Å². The first-order chi connectivity index (χ1) is 5.15. The van der Waals surface area contributed by atoms with E-state index in [9.17, 15) is 4.79 Å². The molecule has 0 heterocycles. The van der Waals surface area contributed by atoms with Gasteiger partial charge in [0, 0.05) is 5.56 Å². The van der Waals surface area contributed by atoms with Gasteiger partial charge in [-0.05, 0) is 12.1 Å². The van der Waals surface area contributed by atoms with Crippen LogP contribution in [0.1, 0.15) is 10.4 Å². The third-order valence-electron chi connectivity index (χ3n) is 1.14. The number of halogens is 6. The average Bonchev–Trinajstić information content (AvgIpc) is 1.99. The lowest BCUT2D eigenvalue weighted by Crippen LogP contribution is -1.80. The summed E-state index contributed by atoms with van der Waals surface area (Å²) in [6.45, 7) is 0. The minimum atomic E-state index is 0. The van der Waals surface area contributed by atoms with Gasteiger partial charge in [-0.3, -0.25) is 18.9 Å². The van der Waals surface area contributed by atoms with Crippen LogP contribution in [-0.2, 0) is 0 Å². The standard InChI is InChI=1S/C7H3Cl3O.3FH/c8-5-1-4(3-11)2-6(9)7(5)10;;;/h1-3H;3*1H. The fraction of sp³-hybridized carbons (Fsp3) is 0. The van der Waals surface area contributed by atoms with Crippen LogP contribution in [0.15, 0.2) is 12.1 Å². The highest BCUT2D eigenvalue weighted by atomic mass is 35.5. The van der Waals surface area contributed by atoms with Crippen LogP contribution in [0, 0.1) is 0 Å². The summed E-state index contributed by atoms with van der Waals surface area (Å²) in [6, 6.07) is 2.92. The minimum absolute atomic E-state index is 0. The molecular weight excluding hydrogens is 263 g/mol. The van der Waals surface area contributed by atoms with Crippen molar-refractivity contribution >= 4 is 41.1 Å². The highest BCUT2D eigenvalue weighted by Gasteiger charge is 2.04. The Balaban J connectivity index is -0.000000403. The Morgan fingerprint density at radius 1 is 0.929 bits per heavy atom. The van der Waals surface area contributed by atoms with Crippen molar-refractivity contribution in [2.75, 3.05) is 0 Å². The van der Waals surface area contributed by atoms with Gasteiger partial charge in [0.15, 0.2) is 0 Å². The first-order valence-electron chi connectivity index (χ1n) is 2.75. The molecule has 1 aromatic carbocycles. The SMILES string of the molecule is F.F.F.O=Cc1cc(Cl)c(Cl)c(Cl)c1. The summed E-state index contributed by atoms with van der Waals surface area (Å²) < 4.78 is 0. The van der Waals surface area contributed by atoms with Gasteiger partial charge in [-0.15, -0.1) is 0 Å². The van der Waals surface area contributed by atoms with Crippen molar-refractivity contribution in [3.8, 4) is 0 Å². The molecule has 0 bridgehead atoms. The Morgan fingerprint density at radius 3 is 1.57 bits per heavy atom. The number of carbonyl (C=O) groups is 1. The highest BCUT2D eigenvalue weighted by molar-refractivity contribution is 6.48. The molecular formula is C7H6Cl3F3O. The Kier molecular flexibility index (Phi) is 10.8. The van der Waals surface area contributed by atoms with Gasteiger partial charge in [0.05, 0.1) is 15.1 Å². The summed E-state index contributed by atoms with van der Waals surface area (Å²) in [6.07, 6.45) is 0.661. The molecule has 0 aromatic heterocycles. The Hall–Kier alpha value is -0.450. The number of carbonyl (C=O) groups excluding carboxylic acids is 1. The zero-order chi connectivity index (χ0) is 8.43. The van der Waals surface area contributed by atoms with E-state index in [0.717, 1.165) is 0 Å². The molecule has 1 nitrogen and oxygen atoms in total. The number of benzene rings is 1. The largest absolute Gasteiger partial charge is 0.298 e. The summed E-state index contributed by atoms with van der Waals surface area (Å²) in [5, 5.41) is 0.862. The normalized spacial score (nSPS) is 7.64. The van der Waals surface area contributed by atoms with Crippen LogP contribution in [0.25, 0.3) is 0 Å². The van der Waals surface area contributed by atoms with E-state index < -0.39 is 0 Å². The maximum atomic E-state index is 10.3. The monoisotopic (exact) mass is 268 g/mol. The third-order valence-corrected chi connectivity index (χ3v) is 2.34. The molecule has 0 saturated heterocycles. The zero-order valence-electron chi connectivity index (χ0n) is 6.50. The molecule has 0 unspecified atom stereocenters. The van der Waals surface area contributed by atoms with Crippen LogP contribution in [0.3, 0.4) is 0 Å². The van der Waals surface area contributed by atoms with Gasteiger partial charge in [-0.25, -0.2) is 0 Å². The van der Waals surface area contributed by atoms with E-state index in [1.165, 1.54) is 12.1 Å². The van der Waals surface area contributed by atoms with E-state index in [0.29, 0.717) is 21.9 Å². The van der Waals surface area contributed by atoms with Crippen LogP contribution in [0.5, 0.6) is 0 Å². The number of aldehydes is 1. The van der Waals surface area contributed by atoms with Crippen LogP contribution in [-0.4, -0.2) is 6.29 Å². The number of rotatable bonds is 1. The quantitative estimate of drug-likeness (QED) is 0.558. The fourth-order valence-corrected chi connectivity index (χ4v) is 1.26. The molecule has 7 heteroatoms. The third kappa shape index (κ3) is 4.17. The van der Waals surface area contributed by atoms with E-state index in [1.807, 2.05) is 0 Å². The van der Waals surface area contributed by atoms with Crippen molar-refractivity contribution < 1.29 is 18.9 Å². The van der Waals surface area contributed by atoms with Gasteiger partial charge >= 0.3 is 0 Å². The molecule has 82 valence electrons. The molecule has 0 N–H and O–H groups in total. The molecule has 0 aliphatic rings.